The molecular formula is C40H77NO10P+. The normalized spacial score (nSPS) is 13.3. The highest BCUT2D eigenvalue weighted by atomic mass is 31.2. The Labute approximate surface area is 317 Å². The van der Waals surface area contributed by atoms with Crippen LogP contribution in [0.5, 0.6) is 0 Å². The molecule has 2 atom stereocenters. The van der Waals surface area contributed by atoms with Gasteiger partial charge in [0.25, 0.3) is 0 Å². The average Bonchev–Trinajstić information content (AvgIpc) is 3.08. The van der Waals surface area contributed by atoms with Gasteiger partial charge in [-0.05, 0) is 19.3 Å². The Kier molecular flexibility index (Phi) is 32.6. The zero-order valence-electron chi connectivity index (χ0n) is 33.6. The fourth-order valence-corrected chi connectivity index (χ4v) is 6.40. The predicted molar refractivity (Wildman–Crippen MR) is 207 cm³/mol. The molecule has 0 aliphatic carbocycles. The monoisotopic (exact) mass is 763 g/mol. The number of carbonyl (C=O) groups excluding carboxylic acids is 3. The lowest BCUT2D eigenvalue weighted by Gasteiger charge is -2.24. The Bertz CT molecular complexity index is 955. The molecule has 0 radical (unpaired) electrons. The summed E-state index contributed by atoms with van der Waals surface area (Å²) in [7, 11) is 1.43. The summed E-state index contributed by atoms with van der Waals surface area (Å²) in [5.41, 5.74) is 0. The zero-order chi connectivity index (χ0) is 38.8. The minimum atomic E-state index is -4.38. The third-order valence-corrected chi connectivity index (χ3v) is 9.86. The van der Waals surface area contributed by atoms with Crippen molar-refractivity contribution in [3.05, 3.63) is 12.8 Å². The molecule has 0 spiro atoms. The highest BCUT2D eigenvalue weighted by molar-refractivity contribution is 7.47. The van der Waals surface area contributed by atoms with E-state index in [-0.39, 0.29) is 32.0 Å². The second-order valence-electron chi connectivity index (χ2n) is 15.1. The molecule has 0 aliphatic rings. The topological polar surface area (TPSA) is 135 Å². The van der Waals surface area contributed by atoms with Crippen LogP contribution < -0.4 is 0 Å². The van der Waals surface area contributed by atoms with Crippen molar-refractivity contribution in [2.24, 2.45) is 0 Å². The van der Waals surface area contributed by atoms with Gasteiger partial charge in [-0.25, -0.2) is 4.57 Å². The van der Waals surface area contributed by atoms with Gasteiger partial charge >= 0.3 is 25.7 Å². The number of hydrogen-bond acceptors (Lipinski definition) is 9. The van der Waals surface area contributed by atoms with E-state index in [1.54, 1.807) is 0 Å². The van der Waals surface area contributed by atoms with Gasteiger partial charge in [0.05, 0.1) is 34.0 Å². The van der Waals surface area contributed by atoms with Gasteiger partial charge in [0.1, 0.15) is 19.8 Å². The lowest BCUT2D eigenvalue weighted by molar-refractivity contribution is -0.870. The SMILES string of the molecule is C=COC(=O)CCCCCCCCCCCCC(=O)OCC(COP(=O)(O)OCC[N+](C)(C)C)OC(=O)CCCCCCCCCCCCCCC. The number of ether oxygens (including phenoxy) is 3. The molecule has 0 saturated carbocycles. The molecule has 0 heterocycles. The van der Waals surface area contributed by atoms with E-state index >= 15 is 0 Å². The van der Waals surface area contributed by atoms with E-state index < -0.39 is 32.5 Å². The number of hydrogen-bond donors (Lipinski definition) is 1. The second-order valence-corrected chi connectivity index (χ2v) is 16.5. The minimum absolute atomic E-state index is 0.0197. The largest absolute Gasteiger partial charge is 0.472 e. The molecule has 0 fully saturated rings. The minimum Gasteiger partial charge on any atom is -0.462 e. The fourth-order valence-electron chi connectivity index (χ4n) is 5.66. The van der Waals surface area contributed by atoms with Crippen LogP contribution in [0.15, 0.2) is 12.8 Å². The van der Waals surface area contributed by atoms with Gasteiger partial charge < -0.3 is 23.6 Å². The van der Waals surface area contributed by atoms with E-state index in [1.165, 1.54) is 64.0 Å². The quantitative estimate of drug-likeness (QED) is 0.0162. The predicted octanol–water partition coefficient (Wildman–Crippen LogP) is 10.1. The fraction of sp³-hybridized carbons (Fsp3) is 0.875. The second kappa shape index (κ2) is 33.8. The van der Waals surface area contributed by atoms with Crippen LogP contribution in [0.4, 0.5) is 0 Å². The maximum absolute atomic E-state index is 12.6. The number of nitrogens with zero attached hydrogens (tertiary/aromatic N) is 1. The van der Waals surface area contributed by atoms with Crippen molar-refractivity contribution in [2.75, 3.05) is 47.5 Å². The summed E-state index contributed by atoms with van der Waals surface area (Å²) < 4.78 is 38.9. The van der Waals surface area contributed by atoms with Gasteiger partial charge in [-0.15, -0.1) is 0 Å². The number of esters is 3. The van der Waals surface area contributed by atoms with Crippen LogP contribution in [0.25, 0.3) is 0 Å². The third kappa shape index (κ3) is 36.6. The van der Waals surface area contributed by atoms with Crippen LogP contribution >= 0.6 is 7.82 Å². The van der Waals surface area contributed by atoms with E-state index in [4.69, 9.17) is 23.3 Å². The van der Waals surface area contributed by atoms with Crippen molar-refractivity contribution >= 4 is 25.7 Å². The van der Waals surface area contributed by atoms with Crippen LogP contribution in [0, 0.1) is 0 Å². The van der Waals surface area contributed by atoms with Crippen molar-refractivity contribution in [3.63, 3.8) is 0 Å². The van der Waals surface area contributed by atoms with Gasteiger partial charge in [0.15, 0.2) is 6.10 Å². The van der Waals surface area contributed by atoms with Crippen molar-refractivity contribution in [1.29, 1.82) is 0 Å². The first kappa shape index (κ1) is 50.2. The average molecular weight is 763 g/mol. The summed E-state index contributed by atoms with van der Waals surface area (Å²) in [5, 5.41) is 0. The number of likely N-dealkylation sites (N-methyl/N-ethyl adjacent to an activating group) is 1. The Morgan fingerprint density at radius 3 is 1.44 bits per heavy atom. The van der Waals surface area contributed by atoms with Crippen LogP contribution in [0.3, 0.4) is 0 Å². The van der Waals surface area contributed by atoms with Crippen LogP contribution in [-0.2, 0) is 42.2 Å². The first-order valence-electron chi connectivity index (χ1n) is 20.5. The summed E-state index contributed by atoms with van der Waals surface area (Å²) >= 11 is 0. The van der Waals surface area contributed by atoms with Gasteiger partial charge in [-0.1, -0.05) is 142 Å². The van der Waals surface area contributed by atoms with E-state index in [9.17, 15) is 23.8 Å². The molecule has 1 N–H and O–H groups in total. The third-order valence-electron chi connectivity index (χ3n) is 8.88. The molecular weight excluding hydrogens is 685 g/mol. The smallest absolute Gasteiger partial charge is 0.462 e. The van der Waals surface area contributed by atoms with E-state index in [0.717, 1.165) is 77.0 Å². The standard InChI is InChI=1S/C40H76NO10P/c1-6-8-9-10-11-12-13-14-15-20-23-26-29-32-40(44)51-37(36-50-52(45,46)49-34-33-41(3,4)5)35-48-39(43)31-28-25-22-19-17-16-18-21-24-27-30-38(42)47-7-2/h7,37H,2,6,8-36H2,1,3-5H3/p+1. The lowest BCUT2D eigenvalue weighted by Crippen LogP contribution is -2.37. The van der Waals surface area contributed by atoms with Crippen LogP contribution in [0.2, 0.25) is 0 Å². The first-order chi connectivity index (χ1) is 24.9. The maximum Gasteiger partial charge on any atom is 0.472 e. The maximum atomic E-state index is 12.6. The molecule has 2 unspecified atom stereocenters. The molecule has 52 heavy (non-hydrogen) atoms. The van der Waals surface area contributed by atoms with Crippen molar-refractivity contribution < 1.29 is 51.6 Å². The van der Waals surface area contributed by atoms with Gasteiger partial charge in [-0.3, -0.25) is 23.4 Å². The molecule has 0 aliphatic heterocycles. The zero-order valence-corrected chi connectivity index (χ0v) is 34.5. The molecule has 0 amide bonds. The number of quaternary nitrogens is 1. The summed E-state index contributed by atoms with van der Waals surface area (Å²) in [6.07, 6.45) is 26.9. The van der Waals surface area contributed by atoms with Crippen molar-refractivity contribution in [2.45, 2.75) is 180 Å². The molecule has 0 aromatic heterocycles. The Hall–Kier alpha value is -1.78. The number of phosphoric ester groups is 1. The van der Waals surface area contributed by atoms with Crippen molar-refractivity contribution in [3.8, 4) is 0 Å². The highest BCUT2D eigenvalue weighted by Crippen LogP contribution is 2.43. The molecule has 11 nitrogen and oxygen atoms in total. The molecule has 0 rings (SSSR count). The molecule has 0 bridgehead atoms. The Balaban J connectivity index is 4.36. The molecule has 306 valence electrons. The number of carbonyl (C=O) groups is 3. The summed E-state index contributed by atoms with van der Waals surface area (Å²) in [4.78, 5) is 46.5. The molecule has 0 aromatic rings. The summed E-state index contributed by atoms with van der Waals surface area (Å²) in [6.45, 7) is 5.47. The Morgan fingerprint density at radius 1 is 0.615 bits per heavy atom. The van der Waals surface area contributed by atoms with E-state index in [0.29, 0.717) is 30.3 Å². The lowest BCUT2D eigenvalue weighted by atomic mass is 10.0. The number of rotatable bonds is 38. The summed E-state index contributed by atoms with van der Waals surface area (Å²) in [5.74, 6) is -1.07. The van der Waals surface area contributed by atoms with Gasteiger partial charge in [0.2, 0.25) is 0 Å². The Morgan fingerprint density at radius 2 is 1.02 bits per heavy atom. The number of unbranched alkanes of at least 4 members (excludes halogenated alkanes) is 21. The highest BCUT2D eigenvalue weighted by Gasteiger charge is 2.27. The molecule has 0 saturated heterocycles. The van der Waals surface area contributed by atoms with Gasteiger partial charge in [-0.2, -0.15) is 0 Å². The summed E-state index contributed by atoms with van der Waals surface area (Å²) in [6, 6.07) is 0. The van der Waals surface area contributed by atoms with Crippen LogP contribution in [0.1, 0.15) is 174 Å². The van der Waals surface area contributed by atoms with E-state index in [2.05, 4.69) is 13.5 Å². The van der Waals surface area contributed by atoms with Crippen molar-refractivity contribution in [1.82, 2.24) is 0 Å². The molecule has 12 heteroatoms. The molecule has 0 aromatic carbocycles. The van der Waals surface area contributed by atoms with Crippen LogP contribution in [-0.4, -0.2) is 80.9 Å². The van der Waals surface area contributed by atoms with Gasteiger partial charge in [0, 0.05) is 19.3 Å². The first-order valence-corrected chi connectivity index (χ1v) is 22.0. The number of phosphoric acid groups is 1. The van der Waals surface area contributed by atoms with E-state index in [1.807, 2.05) is 21.1 Å².